The molecule has 0 aliphatic carbocycles. The lowest BCUT2D eigenvalue weighted by molar-refractivity contribution is -0.697. The average Bonchev–Trinajstić information content (AvgIpc) is 3.25. The first-order valence-electron chi connectivity index (χ1n) is 19.0. The van der Waals surface area contributed by atoms with Crippen LogP contribution in [0.4, 0.5) is 0 Å². The Balaban J connectivity index is 1.02. The van der Waals surface area contributed by atoms with Crippen LogP contribution >= 0.6 is 21.6 Å². The number of benzene rings is 2. The third kappa shape index (κ3) is 14.9. The van der Waals surface area contributed by atoms with Gasteiger partial charge in [-0.25, -0.2) is 9.13 Å². The number of aryl methyl sites for hydroxylation is 2. The van der Waals surface area contributed by atoms with Crippen LogP contribution < -0.4 is 48.2 Å². The summed E-state index contributed by atoms with van der Waals surface area (Å²) in [5.41, 5.74) is 3.72. The van der Waals surface area contributed by atoms with Crippen LogP contribution in [-0.4, -0.2) is 79.1 Å². The van der Waals surface area contributed by atoms with E-state index in [0.717, 1.165) is 59.7 Å². The van der Waals surface area contributed by atoms with Crippen LogP contribution in [0.2, 0.25) is 0 Å². The molecule has 2 amide bonds. The summed E-state index contributed by atoms with van der Waals surface area (Å²) in [5, 5.41) is 6.00. The number of methoxy groups -OCH3 is 6. The van der Waals surface area contributed by atoms with Crippen molar-refractivity contribution in [1.29, 1.82) is 0 Å². The zero-order valence-corrected chi connectivity index (χ0v) is 35.9. The van der Waals surface area contributed by atoms with Gasteiger partial charge >= 0.3 is 0 Å². The summed E-state index contributed by atoms with van der Waals surface area (Å²) in [6, 6.07) is 15.4. The van der Waals surface area contributed by atoms with Crippen molar-refractivity contribution in [3.63, 3.8) is 0 Å². The molecular formula is C44H56N4O8S2+2. The Morgan fingerprint density at radius 3 is 1.19 bits per heavy atom. The van der Waals surface area contributed by atoms with Crippen molar-refractivity contribution in [1.82, 2.24) is 10.6 Å². The van der Waals surface area contributed by atoms with E-state index in [-0.39, 0.29) is 11.8 Å². The molecule has 0 saturated heterocycles. The summed E-state index contributed by atoms with van der Waals surface area (Å²) in [7, 11) is 13.1. The summed E-state index contributed by atoms with van der Waals surface area (Å²) < 4.78 is 36.9. The highest BCUT2D eigenvalue weighted by molar-refractivity contribution is 8.76. The molecule has 2 aromatic heterocycles. The van der Waals surface area contributed by atoms with E-state index in [1.807, 2.05) is 97.6 Å². The summed E-state index contributed by atoms with van der Waals surface area (Å²) in [6.07, 6.45) is 18.4. The maximum atomic E-state index is 12.3. The molecule has 4 aromatic rings. The van der Waals surface area contributed by atoms with Gasteiger partial charge in [-0.1, -0.05) is 33.7 Å². The molecule has 2 heterocycles. The predicted octanol–water partition coefficient (Wildman–Crippen LogP) is 6.53. The zero-order valence-electron chi connectivity index (χ0n) is 34.3. The van der Waals surface area contributed by atoms with Gasteiger partial charge in [0.25, 0.3) is 0 Å². The quantitative estimate of drug-likeness (QED) is 0.0434. The van der Waals surface area contributed by atoms with Crippen molar-refractivity contribution >= 4 is 57.7 Å². The molecule has 0 unspecified atom stereocenters. The largest absolute Gasteiger partial charge is 0.496 e. The minimum atomic E-state index is 0.0539. The number of carbonyl (C=O) groups excluding carboxylic acids is 2. The maximum absolute atomic E-state index is 12.3. The molecule has 0 fully saturated rings. The van der Waals surface area contributed by atoms with E-state index < -0.39 is 0 Å². The van der Waals surface area contributed by atoms with Crippen LogP contribution in [0.25, 0.3) is 24.3 Å². The molecule has 2 N–H and O–H groups in total. The molecule has 4 rings (SSSR count). The van der Waals surface area contributed by atoms with Crippen molar-refractivity contribution in [2.24, 2.45) is 0 Å². The third-order valence-corrected chi connectivity index (χ3v) is 11.4. The van der Waals surface area contributed by atoms with E-state index in [0.29, 0.717) is 60.4 Å². The zero-order chi connectivity index (χ0) is 41.5. The molecule has 12 nitrogen and oxygen atoms in total. The monoisotopic (exact) mass is 832 g/mol. The molecule has 0 spiro atoms. The van der Waals surface area contributed by atoms with Crippen LogP contribution in [-0.2, 0) is 22.7 Å². The first-order valence-corrected chi connectivity index (χ1v) is 21.5. The summed E-state index contributed by atoms with van der Waals surface area (Å²) in [4.78, 5) is 24.7. The van der Waals surface area contributed by atoms with Crippen molar-refractivity contribution in [3.05, 3.63) is 95.6 Å². The minimum Gasteiger partial charge on any atom is -0.496 e. The highest BCUT2D eigenvalue weighted by Crippen LogP contribution is 2.36. The van der Waals surface area contributed by atoms with Gasteiger partial charge in [0, 0.05) is 98.8 Å². The van der Waals surface area contributed by atoms with E-state index in [1.54, 1.807) is 64.2 Å². The van der Waals surface area contributed by atoms with Crippen molar-refractivity contribution in [3.8, 4) is 34.5 Å². The lowest BCUT2D eigenvalue weighted by Gasteiger charge is -2.12. The van der Waals surface area contributed by atoms with E-state index >= 15 is 0 Å². The number of nitrogens with zero attached hydrogens (tertiary/aromatic N) is 2. The van der Waals surface area contributed by atoms with Gasteiger partial charge in [-0.05, 0) is 23.3 Å². The Kier molecular flexibility index (Phi) is 19.6. The summed E-state index contributed by atoms with van der Waals surface area (Å²) in [6.45, 7) is 2.72. The van der Waals surface area contributed by atoms with Crippen molar-refractivity contribution < 1.29 is 47.1 Å². The Morgan fingerprint density at radius 1 is 0.534 bits per heavy atom. The van der Waals surface area contributed by atoms with Gasteiger partial charge < -0.3 is 39.1 Å². The van der Waals surface area contributed by atoms with Crippen LogP contribution in [0.3, 0.4) is 0 Å². The number of ether oxygens (including phenoxy) is 6. The molecule has 0 aliphatic rings. The Morgan fingerprint density at radius 2 is 0.879 bits per heavy atom. The van der Waals surface area contributed by atoms with E-state index in [2.05, 4.69) is 19.8 Å². The first kappa shape index (κ1) is 45.4. The van der Waals surface area contributed by atoms with Gasteiger partial charge in [-0.2, -0.15) is 0 Å². The van der Waals surface area contributed by atoms with Gasteiger partial charge in [-0.15, -0.1) is 0 Å². The molecule has 0 radical (unpaired) electrons. The molecule has 0 aliphatic heterocycles. The average molecular weight is 833 g/mol. The van der Waals surface area contributed by atoms with Crippen molar-refractivity contribution in [2.75, 3.05) is 67.3 Å². The van der Waals surface area contributed by atoms with Crippen LogP contribution in [0.1, 0.15) is 47.9 Å². The van der Waals surface area contributed by atoms with Crippen molar-refractivity contribution in [2.45, 2.75) is 38.8 Å². The Hall–Kier alpha value is -5.34. The summed E-state index contributed by atoms with van der Waals surface area (Å²) in [5.74, 6) is 5.70. The molecule has 2 aromatic carbocycles. The standard InChI is InChI=1S/C44H54N4O8S2/c1-51-35-29-39(53-3)37(40(30-35)54-4)13-11-33-15-23-47(24-16-33)21-7-9-43(49)45-19-27-57-58-28-20-46-44(50)10-8-22-48-25-17-34(18-26-48)12-14-38-41(55-5)31-36(52-2)32-42(38)56-6/h11-18,23-26,29-32H,7-10,19-22,27-28H2,1-6H3/p+2/b13-11+,14-12+. The number of amides is 2. The van der Waals surface area contributed by atoms with E-state index in [1.165, 1.54) is 0 Å². The molecule has 310 valence electrons. The molecule has 0 saturated carbocycles. The maximum Gasteiger partial charge on any atom is 0.220 e. The fourth-order valence-electron chi connectivity index (χ4n) is 5.81. The SMILES string of the molecule is COc1cc(OC)c(/C=C/c2cc[n+](CCCC(=O)NCCSSCCNC(=O)CCC[n+]3ccc(/C=C/c4c(OC)cc(OC)cc4OC)cc3)cc2)c(OC)c1. The van der Waals surface area contributed by atoms with Gasteiger partial charge in [0.1, 0.15) is 47.6 Å². The number of rotatable bonds is 25. The predicted molar refractivity (Wildman–Crippen MR) is 233 cm³/mol. The van der Waals surface area contributed by atoms with Gasteiger partial charge in [0.05, 0.1) is 53.8 Å². The number of pyridine rings is 2. The smallest absolute Gasteiger partial charge is 0.220 e. The van der Waals surface area contributed by atoms with Gasteiger partial charge in [0.2, 0.25) is 11.8 Å². The Bertz CT molecular complexity index is 1770. The first-order chi connectivity index (χ1) is 28.3. The number of hydrogen-bond acceptors (Lipinski definition) is 10. The van der Waals surface area contributed by atoms with E-state index in [4.69, 9.17) is 28.4 Å². The number of hydrogen-bond donors (Lipinski definition) is 2. The summed E-state index contributed by atoms with van der Waals surface area (Å²) >= 11 is 0. The highest BCUT2D eigenvalue weighted by Gasteiger charge is 2.13. The molecule has 14 heteroatoms. The molecule has 0 atom stereocenters. The minimum absolute atomic E-state index is 0.0539. The number of aromatic nitrogens is 2. The fourth-order valence-corrected chi connectivity index (χ4v) is 7.63. The molecule has 0 bridgehead atoms. The fraction of sp³-hybridized carbons (Fsp3) is 0.364. The molecule has 58 heavy (non-hydrogen) atoms. The normalized spacial score (nSPS) is 11.1. The highest BCUT2D eigenvalue weighted by atomic mass is 33.1. The lowest BCUT2D eigenvalue weighted by Crippen LogP contribution is -2.34. The van der Waals surface area contributed by atoms with Crippen LogP contribution in [0.5, 0.6) is 34.5 Å². The Labute approximate surface area is 350 Å². The van der Waals surface area contributed by atoms with Crippen LogP contribution in [0, 0.1) is 0 Å². The number of nitrogens with one attached hydrogen (secondary N) is 2. The van der Waals surface area contributed by atoms with Crippen LogP contribution in [0.15, 0.2) is 73.3 Å². The third-order valence-electron chi connectivity index (χ3n) is 8.96. The molecular weight excluding hydrogens is 777 g/mol. The topological polar surface area (TPSA) is 121 Å². The second-order valence-electron chi connectivity index (χ2n) is 12.8. The second-order valence-corrected chi connectivity index (χ2v) is 15.5. The number of carbonyl (C=O) groups is 2. The van der Waals surface area contributed by atoms with E-state index in [9.17, 15) is 9.59 Å². The lowest BCUT2D eigenvalue weighted by atomic mass is 10.1. The second kappa shape index (κ2) is 25.1. The van der Waals surface area contributed by atoms with Gasteiger partial charge in [0.15, 0.2) is 24.8 Å². The van der Waals surface area contributed by atoms with Gasteiger partial charge in [-0.3, -0.25) is 9.59 Å².